The molecule has 5 nitrogen and oxygen atoms in total. The molecular weight excluding hydrogens is 313 g/mol. The molecule has 9 heteroatoms. The van der Waals surface area contributed by atoms with Gasteiger partial charge >= 0.3 is 6.36 Å². The van der Waals surface area contributed by atoms with E-state index in [2.05, 4.69) is 4.74 Å². The fourth-order valence-corrected chi connectivity index (χ4v) is 1.52. The van der Waals surface area contributed by atoms with E-state index in [1.807, 2.05) is 0 Å². The van der Waals surface area contributed by atoms with Crippen molar-refractivity contribution < 1.29 is 27.4 Å². The molecule has 0 radical (unpaired) electrons. The molecule has 0 heterocycles. The van der Waals surface area contributed by atoms with E-state index in [1.165, 1.54) is 26.3 Å². The molecule has 1 rings (SSSR count). The number of methoxy groups -OCH3 is 1. The second-order valence-electron chi connectivity index (χ2n) is 4.00. The molecule has 0 fully saturated rings. The summed E-state index contributed by atoms with van der Waals surface area (Å²) in [6.07, 6.45) is -4.78. The van der Waals surface area contributed by atoms with Gasteiger partial charge in [0, 0.05) is 25.9 Å². The van der Waals surface area contributed by atoms with Crippen molar-refractivity contribution in [1.29, 1.82) is 0 Å². The maximum Gasteiger partial charge on any atom is 0.573 e. The number of benzene rings is 1. The largest absolute Gasteiger partial charge is 0.573 e. The minimum Gasteiger partial charge on any atom is -0.406 e. The van der Waals surface area contributed by atoms with Crippen LogP contribution in [0.15, 0.2) is 24.3 Å². The summed E-state index contributed by atoms with van der Waals surface area (Å²) in [6, 6.07) is 4.18. The van der Waals surface area contributed by atoms with Crippen LogP contribution < -0.4 is 15.4 Å². The van der Waals surface area contributed by atoms with Crippen LogP contribution in [0, 0.1) is 0 Å². The van der Waals surface area contributed by atoms with E-state index in [1.54, 1.807) is 0 Å². The zero-order chi connectivity index (χ0) is 15.3. The average Bonchev–Trinajstić information content (AvgIpc) is 2.35. The molecule has 0 aliphatic heterocycles. The van der Waals surface area contributed by atoms with Crippen LogP contribution >= 0.6 is 12.4 Å². The highest BCUT2D eigenvalue weighted by molar-refractivity contribution is 5.96. The number of nitrogens with zero attached hydrogens (tertiary/aromatic N) is 1. The molecule has 1 aromatic rings. The third kappa shape index (κ3) is 6.19. The molecular formula is C12H16ClF3N2O3. The van der Waals surface area contributed by atoms with Crippen molar-refractivity contribution >= 4 is 24.0 Å². The molecule has 0 aromatic heterocycles. The van der Waals surface area contributed by atoms with Crippen molar-refractivity contribution in [3.63, 3.8) is 0 Å². The molecule has 1 aromatic carbocycles. The molecule has 0 bridgehead atoms. The van der Waals surface area contributed by atoms with Gasteiger partial charge in [0.1, 0.15) is 11.8 Å². The Bertz CT molecular complexity index is 471. The number of carbonyl (C=O) groups excluding carboxylic acids is 1. The Morgan fingerprint density at radius 1 is 1.43 bits per heavy atom. The summed E-state index contributed by atoms with van der Waals surface area (Å²) in [6.45, 7) is 0.0158. The van der Waals surface area contributed by atoms with Gasteiger partial charge in [0.2, 0.25) is 5.91 Å². The van der Waals surface area contributed by atoms with Gasteiger partial charge in [-0.1, -0.05) is 6.07 Å². The van der Waals surface area contributed by atoms with E-state index in [0.717, 1.165) is 17.0 Å². The molecule has 0 saturated heterocycles. The number of halogens is 4. The third-order valence-corrected chi connectivity index (χ3v) is 2.43. The van der Waals surface area contributed by atoms with Crippen LogP contribution in [0.3, 0.4) is 0 Å². The minimum atomic E-state index is -4.78. The number of carbonyl (C=O) groups is 1. The van der Waals surface area contributed by atoms with E-state index in [0.29, 0.717) is 0 Å². The normalized spacial score (nSPS) is 12.3. The van der Waals surface area contributed by atoms with E-state index in [9.17, 15) is 18.0 Å². The Morgan fingerprint density at radius 2 is 2.05 bits per heavy atom. The highest BCUT2D eigenvalue weighted by Crippen LogP contribution is 2.26. The van der Waals surface area contributed by atoms with Crippen molar-refractivity contribution in [2.24, 2.45) is 5.73 Å². The van der Waals surface area contributed by atoms with E-state index in [-0.39, 0.29) is 24.7 Å². The van der Waals surface area contributed by atoms with Crippen molar-refractivity contribution in [2.45, 2.75) is 12.4 Å². The van der Waals surface area contributed by atoms with Crippen molar-refractivity contribution in [3.05, 3.63) is 24.3 Å². The van der Waals surface area contributed by atoms with Crippen LogP contribution in [0.2, 0.25) is 0 Å². The highest BCUT2D eigenvalue weighted by atomic mass is 35.5. The van der Waals surface area contributed by atoms with Crippen LogP contribution in [-0.4, -0.2) is 39.1 Å². The number of alkyl halides is 3. The maximum absolute atomic E-state index is 12.1. The van der Waals surface area contributed by atoms with Crippen LogP contribution in [0.4, 0.5) is 18.9 Å². The first-order valence-electron chi connectivity index (χ1n) is 5.62. The lowest BCUT2D eigenvalue weighted by Gasteiger charge is -2.21. The summed E-state index contributed by atoms with van der Waals surface area (Å²) < 4.78 is 44.9. The van der Waals surface area contributed by atoms with Crippen LogP contribution in [-0.2, 0) is 9.53 Å². The second-order valence-corrected chi connectivity index (χ2v) is 4.00. The standard InChI is InChI=1S/C12H15F3N2O3.ClH/c1-17(11(18)10(16)7-19-2)8-4-3-5-9(6-8)20-12(13,14)15;/h3-6,10H,7,16H2,1-2H3;1H. The zero-order valence-corrected chi connectivity index (χ0v) is 12.2. The quantitative estimate of drug-likeness (QED) is 0.897. The monoisotopic (exact) mass is 328 g/mol. The SMILES string of the molecule is COCC(N)C(=O)N(C)c1cccc(OC(F)(F)F)c1.Cl. The zero-order valence-electron chi connectivity index (χ0n) is 11.4. The Labute approximate surface area is 126 Å². The van der Waals surface area contributed by atoms with Gasteiger partial charge in [-0.05, 0) is 12.1 Å². The molecule has 0 saturated carbocycles. The lowest BCUT2D eigenvalue weighted by atomic mass is 10.2. The van der Waals surface area contributed by atoms with E-state index in [4.69, 9.17) is 10.5 Å². The van der Waals surface area contributed by atoms with Crippen molar-refractivity contribution in [1.82, 2.24) is 0 Å². The summed E-state index contributed by atoms with van der Waals surface area (Å²) >= 11 is 0. The summed E-state index contributed by atoms with van der Waals surface area (Å²) in [5.41, 5.74) is 5.82. The minimum absolute atomic E-state index is 0. The van der Waals surface area contributed by atoms with Gasteiger partial charge in [-0.2, -0.15) is 0 Å². The summed E-state index contributed by atoms with van der Waals surface area (Å²) in [4.78, 5) is 13.0. The van der Waals surface area contributed by atoms with E-state index < -0.39 is 24.1 Å². The first kappa shape index (κ1) is 19.5. The maximum atomic E-state index is 12.1. The molecule has 1 unspecified atom stereocenters. The van der Waals surface area contributed by atoms with Gasteiger partial charge in [0.05, 0.1) is 6.61 Å². The summed E-state index contributed by atoms with van der Waals surface area (Å²) in [5, 5.41) is 0. The van der Waals surface area contributed by atoms with E-state index >= 15 is 0 Å². The van der Waals surface area contributed by atoms with Gasteiger partial charge in [-0.3, -0.25) is 4.79 Å². The van der Waals surface area contributed by atoms with Gasteiger partial charge in [-0.15, -0.1) is 25.6 Å². The van der Waals surface area contributed by atoms with Crippen molar-refractivity contribution in [3.8, 4) is 5.75 Å². The third-order valence-electron chi connectivity index (χ3n) is 2.43. The average molecular weight is 329 g/mol. The van der Waals surface area contributed by atoms with Crippen LogP contribution in [0.1, 0.15) is 0 Å². The second kappa shape index (κ2) is 8.06. The van der Waals surface area contributed by atoms with Gasteiger partial charge in [0.15, 0.2) is 0 Å². The smallest absolute Gasteiger partial charge is 0.406 e. The number of likely N-dealkylation sites (N-methyl/N-ethyl adjacent to an activating group) is 1. The lowest BCUT2D eigenvalue weighted by Crippen LogP contribution is -2.44. The Hall–Kier alpha value is -1.51. The van der Waals surface area contributed by atoms with Gasteiger partial charge < -0.3 is 20.1 Å². The highest BCUT2D eigenvalue weighted by Gasteiger charge is 2.31. The molecule has 1 atom stereocenters. The number of ether oxygens (including phenoxy) is 2. The fraction of sp³-hybridized carbons (Fsp3) is 0.417. The molecule has 2 N–H and O–H groups in total. The Morgan fingerprint density at radius 3 is 2.57 bits per heavy atom. The first-order chi connectivity index (χ1) is 9.24. The lowest BCUT2D eigenvalue weighted by molar-refractivity contribution is -0.274. The number of rotatable bonds is 5. The Kier molecular flexibility index (Phi) is 7.48. The molecule has 21 heavy (non-hydrogen) atoms. The number of hydrogen-bond donors (Lipinski definition) is 1. The molecule has 0 aliphatic rings. The number of anilines is 1. The number of amides is 1. The molecule has 1 amide bonds. The number of nitrogens with two attached hydrogens (primary N) is 1. The predicted molar refractivity (Wildman–Crippen MR) is 73.6 cm³/mol. The van der Waals surface area contributed by atoms with Gasteiger partial charge in [0.25, 0.3) is 0 Å². The molecule has 0 spiro atoms. The van der Waals surface area contributed by atoms with Gasteiger partial charge in [-0.25, -0.2) is 0 Å². The number of hydrogen-bond acceptors (Lipinski definition) is 4. The fourth-order valence-electron chi connectivity index (χ4n) is 1.52. The first-order valence-corrected chi connectivity index (χ1v) is 5.62. The summed E-state index contributed by atoms with van der Waals surface area (Å²) in [5.74, 6) is -0.883. The molecule has 120 valence electrons. The van der Waals surface area contributed by atoms with Crippen LogP contribution in [0.5, 0.6) is 5.75 Å². The Balaban J connectivity index is 0.00000400. The topological polar surface area (TPSA) is 64.8 Å². The van der Waals surface area contributed by atoms with Crippen LogP contribution in [0.25, 0.3) is 0 Å². The summed E-state index contributed by atoms with van der Waals surface area (Å²) in [7, 11) is 2.80. The molecule has 0 aliphatic carbocycles. The van der Waals surface area contributed by atoms with Crippen molar-refractivity contribution in [2.75, 3.05) is 25.7 Å². The predicted octanol–water partition coefficient (Wildman–Crippen LogP) is 1.94.